The van der Waals surface area contributed by atoms with Crippen molar-refractivity contribution in [2.45, 2.75) is 40.0 Å². The number of hydrogen-bond donors (Lipinski definition) is 2. The smallest absolute Gasteiger partial charge is 0.119 e. The summed E-state index contributed by atoms with van der Waals surface area (Å²) >= 11 is 0. The Morgan fingerprint density at radius 1 is 0.800 bits per heavy atom. The van der Waals surface area contributed by atoms with Crippen molar-refractivity contribution in [3.63, 3.8) is 0 Å². The second kappa shape index (κ2) is 9.53. The van der Waals surface area contributed by atoms with Gasteiger partial charge >= 0.3 is 0 Å². The molecule has 0 aromatic heterocycles. The number of methoxy groups -OCH3 is 1. The van der Waals surface area contributed by atoms with Crippen molar-refractivity contribution in [2.24, 2.45) is 0 Å². The summed E-state index contributed by atoms with van der Waals surface area (Å²) in [6.07, 6.45) is 3.13. The molecule has 3 nitrogen and oxygen atoms in total. The Morgan fingerprint density at radius 3 is 2.27 bits per heavy atom. The van der Waals surface area contributed by atoms with Crippen molar-refractivity contribution in [1.29, 1.82) is 0 Å². The number of allylic oxidation sites excluding steroid dienone is 1. The zero-order valence-corrected chi connectivity index (χ0v) is 18.5. The Bertz CT molecular complexity index is 1070. The maximum absolute atomic E-state index is 6.18. The molecular formula is C27H32N2O. The predicted molar refractivity (Wildman–Crippen MR) is 130 cm³/mol. The van der Waals surface area contributed by atoms with Crippen LogP contribution in [-0.2, 0) is 6.42 Å². The molecule has 0 saturated carbocycles. The van der Waals surface area contributed by atoms with Gasteiger partial charge in [-0.15, -0.1) is 0 Å². The van der Waals surface area contributed by atoms with Gasteiger partial charge in [0.1, 0.15) is 5.75 Å². The van der Waals surface area contributed by atoms with E-state index in [9.17, 15) is 0 Å². The average Bonchev–Trinajstić information content (AvgIpc) is 2.96. The molecule has 3 aromatic rings. The molecule has 4 N–H and O–H groups in total. The van der Waals surface area contributed by atoms with Crippen LogP contribution in [0.15, 0.2) is 60.7 Å². The zero-order valence-electron chi connectivity index (χ0n) is 18.5. The van der Waals surface area contributed by atoms with Crippen LogP contribution < -0.4 is 16.2 Å². The Balaban J connectivity index is 0.00000124. The largest absolute Gasteiger partial charge is 0.497 e. The van der Waals surface area contributed by atoms with Crippen molar-refractivity contribution in [1.82, 2.24) is 0 Å². The molecule has 0 atom stereocenters. The molecule has 0 spiro atoms. The molecule has 0 heterocycles. The number of ether oxygens (including phenoxy) is 1. The highest BCUT2D eigenvalue weighted by Gasteiger charge is 2.21. The SMILES string of the molecule is CC.COc1ccc2c(c1)CCCC(c1ccccc1C)=C2c1ccc(N)c(N)c1. The number of nitrogen functional groups attached to an aromatic ring is 2. The van der Waals surface area contributed by atoms with Gasteiger partial charge in [-0.2, -0.15) is 0 Å². The summed E-state index contributed by atoms with van der Waals surface area (Å²) in [6, 6.07) is 21.0. The van der Waals surface area contributed by atoms with E-state index < -0.39 is 0 Å². The van der Waals surface area contributed by atoms with Gasteiger partial charge in [-0.25, -0.2) is 0 Å². The van der Waals surface area contributed by atoms with E-state index in [0.29, 0.717) is 11.4 Å². The first-order valence-electron chi connectivity index (χ1n) is 10.7. The van der Waals surface area contributed by atoms with E-state index in [4.69, 9.17) is 16.2 Å². The molecule has 1 aliphatic carbocycles. The lowest BCUT2D eigenvalue weighted by Crippen LogP contribution is -2.00. The number of aryl methyl sites for hydroxylation is 2. The molecule has 0 aliphatic heterocycles. The normalized spacial score (nSPS) is 13.1. The molecular weight excluding hydrogens is 368 g/mol. The molecule has 156 valence electrons. The second-order valence-electron chi connectivity index (χ2n) is 7.39. The molecule has 4 rings (SSSR count). The minimum Gasteiger partial charge on any atom is -0.497 e. The quantitative estimate of drug-likeness (QED) is 0.494. The van der Waals surface area contributed by atoms with Crippen LogP contribution in [0.1, 0.15) is 54.5 Å². The standard InChI is InChI=1S/C25H26N2O.C2H6/c1-16-6-3-4-8-20(16)22-9-5-7-17-14-19(28-2)11-12-21(17)25(22)18-10-13-23(26)24(27)15-18;1-2/h3-4,6,8,10-15H,5,7,9,26-27H2,1-2H3;1-2H3. The number of benzene rings is 3. The fourth-order valence-electron chi connectivity index (χ4n) is 4.13. The lowest BCUT2D eigenvalue weighted by atomic mass is 9.86. The summed E-state index contributed by atoms with van der Waals surface area (Å²) in [5.41, 5.74) is 22.3. The minimum absolute atomic E-state index is 0.616. The molecule has 0 unspecified atom stereocenters. The van der Waals surface area contributed by atoms with Crippen LogP contribution in [0.3, 0.4) is 0 Å². The first kappa shape index (κ1) is 21.5. The number of anilines is 2. The van der Waals surface area contributed by atoms with Gasteiger partial charge in [-0.1, -0.05) is 50.2 Å². The first-order chi connectivity index (χ1) is 14.6. The lowest BCUT2D eigenvalue weighted by Gasteiger charge is -2.19. The molecule has 0 amide bonds. The molecule has 0 radical (unpaired) electrons. The fourth-order valence-corrected chi connectivity index (χ4v) is 4.13. The van der Waals surface area contributed by atoms with Crippen LogP contribution in [0.5, 0.6) is 5.75 Å². The van der Waals surface area contributed by atoms with Gasteiger partial charge in [0.2, 0.25) is 0 Å². The second-order valence-corrected chi connectivity index (χ2v) is 7.39. The van der Waals surface area contributed by atoms with Gasteiger partial charge in [-0.3, -0.25) is 0 Å². The maximum atomic E-state index is 6.18. The van der Waals surface area contributed by atoms with Gasteiger partial charge in [-0.05, 0) is 89.4 Å². The van der Waals surface area contributed by atoms with Gasteiger partial charge in [0, 0.05) is 0 Å². The zero-order chi connectivity index (χ0) is 21.7. The molecule has 30 heavy (non-hydrogen) atoms. The summed E-state index contributed by atoms with van der Waals surface area (Å²) in [5.74, 6) is 0.897. The lowest BCUT2D eigenvalue weighted by molar-refractivity contribution is 0.414. The van der Waals surface area contributed by atoms with Crippen LogP contribution in [0.2, 0.25) is 0 Å². The first-order valence-corrected chi connectivity index (χ1v) is 10.7. The monoisotopic (exact) mass is 400 g/mol. The van der Waals surface area contributed by atoms with E-state index in [1.54, 1.807) is 7.11 Å². The van der Waals surface area contributed by atoms with E-state index in [2.05, 4.69) is 49.4 Å². The topological polar surface area (TPSA) is 61.3 Å². The highest BCUT2D eigenvalue weighted by Crippen LogP contribution is 2.42. The molecule has 1 aliphatic rings. The van der Waals surface area contributed by atoms with E-state index >= 15 is 0 Å². The maximum Gasteiger partial charge on any atom is 0.119 e. The summed E-state index contributed by atoms with van der Waals surface area (Å²) in [5, 5.41) is 0. The summed E-state index contributed by atoms with van der Waals surface area (Å²) in [6.45, 7) is 6.18. The number of rotatable bonds is 3. The molecule has 0 fully saturated rings. The van der Waals surface area contributed by atoms with Crippen molar-refractivity contribution in [3.05, 3.63) is 88.5 Å². The van der Waals surface area contributed by atoms with Crippen molar-refractivity contribution in [2.75, 3.05) is 18.6 Å². The number of hydrogen-bond acceptors (Lipinski definition) is 3. The van der Waals surface area contributed by atoms with Gasteiger partial charge in [0.15, 0.2) is 0 Å². The Kier molecular flexibility index (Phi) is 6.83. The summed E-state index contributed by atoms with van der Waals surface area (Å²) < 4.78 is 5.47. The van der Waals surface area contributed by atoms with Gasteiger partial charge in [0.05, 0.1) is 18.5 Å². The van der Waals surface area contributed by atoms with E-state index in [-0.39, 0.29) is 0 Å². The van der Waals surface area contributed by atoms with Crippen LogP contribution in [-0.4, -0.2) is 7.11 Å². The van der Waals surface area contributed by atoms with Crippen LogP contribution >= 0.6 is 0 Å². The Labute approximate surface area is 180 Å². The van der Waals surface area contributed by atoms with Crippen molar-refractivity contribution >= 4 is 22.5 Å². The summed E-state index contributed by atoms with van der Waals surface area (Å²) in [4.78, 5) is 0. The third-order valence-corrected chi connectivity index (χ3v) is 5.60. The Morgan fingerprint density at radius 2 is 1.57 bits per heavy atom. The van der Waals surface area contributed by atoms with E-state index in [1.165, 1.54) is 33.4 Å². The van der Waals surface area contributed by atoms with Crippen LogP contribution in [0.25, 0.3) is 11.1 Å². The Hall–Kier alpha value is -3.20. The third-order valence-electron chi connectivity index (χ3n) is 5.60. The van der Waals surface area contributed by atoms with Crippen LogP contribution in [0, 0.1) is 6.92 Å². The summed E-state index contributed by atoms with van der Waals surface area (Å²) in [7, 11) is 1.72. The van der Waals surface area contributed by atoms with E-state index in [1.807, 2.05) is 32.0 Å². The van der Waals surface area contributed by atoms with E-state index in [0.717, 1.165) is 30.6 Å². The third kappa shape index (κ3) is 4.20. The molecule has 0 bridgehead atoms. The highest BCUT2D eigenvalue weighted by molar-refractivity contribution is 6.01. The number of nitrogens with two attached hydrogens (primary N) is 2. The average molecular weight is 401 g/mol. The predicted octanol–water partition coefficient (Wildman–Crippen LogP) is 6.49. The molecule has 0 saturated heterocycles. The molecule has 3 aromatic carbocycles. The highest BCUT2D eigenvalue weighted by atomic mass is 16.5. The van der Waals surface area contributed by atoms with Crippen LogP contribution in [0.4, 0.5) is 11.4 Å². The molecule has 3 heteroatoms. The number of fused-ring (bicyclic) bond motifs is 1. The van der Waals surface area contributed by atoms with Gasteiger partial charge < -0.3 is 16.2 Å². The minimum atomic E-state index is 0.616. The van der Waals surface area contributed by atoms with Gasteiger partial charge in [0.25, 0.3) is 0 Å². The van der Waals surface area contributed by atoms with Crippen molar-refractivity contribution in [3.8, 4) is 5.75 Å². The fraction of sp³-hybridized carbons (Fsp3) is 0.259. The van der Waals surface area contributed by atoms with Crippen molar-refractivity contribution < 1.29 is 4.74 Å².